The number of hydrogen-bond acceptors (Lipinski definition) is 4. The van der Waals surface area contributed by atoms with Crippen LogP contribution in [0.25, 0.3) is 0 Å². The lowest BCUT2D eigenvalue weighted by molar-refractivity contribution is 0.394. The molecule has 0 saturated carbocycles. The number of methoxy groups -OCH3 is 1. The Bertz CT molecular complexity index is 578. The van der Waals surface area contributed by atoms with Crippen molar-refractivity contribution in [1.82, 2.24) is 9.97 Å². The minimum Gasteiger partial charge on any atom is -0.480 e. The fourth-order valence-electron chi connectivity index (χ4n) is 1.62. The van der Waals surface area contributed by atoms with Crippen molar-refractivity contribution in [2.45, 2.75) is 13.0 Å². The molecule has 0 radical (unpaired) electrons. The summed E-state index contributed by atoms with van der Waals surface area (Å²) in [5.41, 5.74) is 1.15. The van der Waals surface area contributed by atoms with Crippen LogP contribution in [-0.2, 0) is 0 Å². The van der Waals surface area contributed by atoms with E-state index in [-0.39, 0.29) is 6.04 Å². The third kappa shape index (κ3) is 3.67. The lowest BCUT2D eigenvalue weighted by atomic mass is 10.1. The molecule has 0 amide bonds. The van der Waals surface area contributed by atoms with Gasteiger partial charge in [-0.15, -0.1) is 0 Å². The van der Waals surface area contributed by atoms with E-state index in [1.54, 1.807) is 13.3 Å². The van der Waals surface area contributed by atoms with Crippen LogP contribution in [0.3, 0.4) is 0 Å². The van der Waals surface area contributed by atoms with E-state index in [4.69, 9.17) is 4.74 Å². The van der Waals surface area contributed by atoms with Gasteiger partial charge in [0, 0.05) is 4.47 Å². The molecule has 100 valence electrons. The highest BCUT2D eigenvalue weighted by Gasteiger charge is 2.09. The van der Waals surface area contributed by atoms with E-state index in [1.165, 1.54) is 0 Å². The predicted molar refractivity (Wildman–Crippen MR) is 82.5 cm³/mol. The summed E-state index contributed by atoms with van der Waals surface area (Å²) in [4.78, 5) is 8.49. The predicted octanol–water partition coefficient (Wildman–Crippen LogP) is 4.18. The van der Waals surface area contributed by atoms with Crippen molar-refractivity contribution >= 4 is 37.8 Å². The minimum atomic E-state index is 0.100. The molecule has 0 aliphatic heterocycles. The summed E-state index contributed by atoms with van der Waals surface area (Å²) in [6, 6.07) is 8.21. The molecule has 0 spiro atoms. The summed E-state index contributed by atoms with van der Waals surface area (Å²) in [7, 11) is 1.58. The van der Waals surface area contributed by atoms with Crippen LogP contribution in [0.1, 0.15) is 18.5 Å². The van der Waals surface area contributed by atoms with Gasteiger partial charge in [0.2, 0.25) is 11.8 Å². The summed E-state index contributed by atoms with van der Waals surface area (Å²) in [5, 5.41) is 3.24. The number of anilines is 1. The molecule has 0 aliphatic rings. The molecule has 2 rings (SSSR count). The highest BCUT2D eigenvalue weighted by Crippen LogP contribution is 2.24. The van der Waals surface area contributed by atoms with Crippen molar-refractivity contribution in [2.24, 2.45) is 0 Å². The second-order valence-corrected chi connectivity index (χ2v) is 5.74. The topological polar surface area (TPSA) is 47.0 Å². The molecule has 4 nitrogen and oxygen atoms in total. The monoisotopic (exact) mass is 385 g/mol. The van der Waals surface area contributed by atoms with Gasteiger partial charge in [-0.2, -0.15) is 4.98 Å². The quantitative estimate of drug-likeness (QED) is 0.855. The van der Waals surface area contributed by atoms with Crippen molar-refractivity contribution in [3.05, 3.63) is 45.0 Å². The van der Waals surface area contributed by atoms with E-state index in [0.29, 0.717) is 11.8 Å². The normalized spacial score (nSPS) is 12.0. The summed E-state index contributed by atoms with van der Waals surface area (Å²) in [5.74, 6) is 1.05. The zero-order valence-corrected chi connectivity index (χ0v) is 13.7. The Morgan fingerprint density at radius 1 is 1.32 bits per heavy atom. The van der Waals surface area contributed by atoms with Gasteiger partial charge in [0.25, 0.3) is 0 Å². The molecule has 0 saturated heterocycles. The van der Waals surface area contributed by atoms with Crippen molar-refractivity contribution in [1.29, 1.82) is 0 Å². The Morgan fingerprint density at radius 3 is 2.79 bits per heavy atom. The van der Waals surface area contributed by atoms with Crippen molar-refractivity contribution in [3.8, 4) is 5.88 Å². The molecule has 1 aromatic heterocycles. The van der Waals surface area contributed by atoms with Gasteiger partial charge in [-0.1, -0.05) is 28.1 Å². The van der Waals surface area contributed by atoms with Crippen LogP contribution >= 0.6 is 31.9 Å². The molecule has 0 bridgehead atoms. The van der Waals surface area contributed by atoms with Crippen molar-refractivity contribution in [2.75, 3.05) is 12.4 Å². The molecule has 6 heteroatoms. The first-order valence-electron chi connectivity index (χ1n) is 5.68. The fourth-order valence-corrected chi connectivity index (χ4v) is 2.39. The third-order valence-corrected chi connectivity index (χ3v) is 3.64. The lowest BCUT2D eigenvalue weighted by Gasteiger charge is -2.15. The van der Waals surface area contributed by atoms with Gasteiger partial charge in [0.15, 0.2) is 0 Å². The molecule has 1 atom stereocenters. The first kappa shape index (κ1) is 14.3. The summed E-state index contributed by atoms with van der Waals surface area (Å²) in [6.45, 7) is 2.06. The maximum Gasteiger partial charge on any atom is 0.232 e. The molecule has 2 aromatic rings. The second-order valence-electron chi connectivity index (χ2n) is 3.97. The van der Waals surface area contributed by atoms with Gasteiger partial charge < -0.3 is 10.1 Å². The molecule has 19 heavy (non-hydrogen) atoms. The zero-order valence-electron chi connectivity index (χ0n) is 10.5. The molecule has 0 aliphatic carbocycles. The Morgan fingerprint density at radius 2 is 2.11 bits per heavy atom. The van der Waals surface area contributed by atoms with Crippen molar-refractivity contribution in [3.63, 3.8) is 0 Å². The first-order chi connectivity index (χ1) is 9.10. The molecule has 0 fully saturated rings. The number of rotatable bonds is 4. The molecular weight excluding hydrogens is 374 g/mol. The maximum atomic E-state index is 5.15. The van der Waals surface area contributed by atoms with Gasteiger partial charge in [0.1, 0.15) is 0 Å². The van der Waals surface area contributed by atoms with Gasteiger partial charge in [-0.05, 0) is 40.5 Å². The number of hydrogen-bond donors (Lipinski definition) is 1. The van der Waals surface area contributed by atoms with Crippen LogP contribution in [0.4, 0.5) is 5.95 Å². The largest absolute Gasteiger partial charge is 0.480 e. The number of ether oxygens (including phenoxy) is 1. The average molecular weight is 387 g/mol. The van der Waals surface area contributed by atoms with E-state index in [0.717, 1.165) is 14.5 Å². The van der Waals surface area contributed by atoms with Crippen LogP contribution in [0.2, 0.25) is 0 Å². The highest BCUT2D eigenvalue weighted by atomic mass is 79.9. The Labute approximate surface area is 128 Å². The maximum absolute atomic E-state index is 5.15. The number of aromatic nitrogens is 2. The summed E-state index contributed by atoms with van der Waals surface area (Å²) in [6.07, 6.45) is 1.67. The van der Waals surface area contributed by atoms with Crippen LogP contribution in [0, 0.1) is 0 Å². The van der Waals surface area contributed by atoms with Gasteiger partial charge in [0.05, 0.1) is 23.8 Å². The van der Waals surface area contributed by atoms with E-state index in [2.05, 4.69) is 66.2 Å². The van der Waals surface area contributed by atoms with E-state index in [9.17, 15) is 0 Å². The zero-order chi connectivity index (χ0) is 13.8. The lowest BCUT2D eigenvalue weighted by Crippen LogP contribution is -2.09. The van der Waals surface area contributed by atoms with E-state index in [1.807, 2.05) is 12.1 Å². The number of benzene rings is 1. The smallest absolute Gasteiger partial charge is 0.232 e. The van der Waals surface area contributed by atoms with E-state index < -0.39 is 0 Å². The molecule has 1 unspecified atom stereocenters. The van der Waals surface area contributed by atoms with Gasteiger partial charge in [-0.3, -0.25) is 0 Å². The number of nitrogens with zero attached hydrogens (tertiary/aromatic N) is 2. The molecular formula is C13H13Br2N3O. The fraction of sp³-hybridized carbons (Fsp3) is 0.231. The molecule has 1 heterocycles. The van der Waals surface area contributed by atoms with Gasteiger partial charge in [-0.25, -0.2) is 4.98 Å². The SMILES string of the molecule is COc1nc(NC(C)c2cccc(Br)c2)ncc1Br. The van der Waals surface area contributed by atoms with Crippen LogP contribution in [-0.4, -0.2) is 17.1 Å². The number of halogens is 2. The summed E-state index contributed by atoms with van der Waals surface area (Å²) < 4.78 is 6.93. The third-order valence-electron chi connectivity index (χ3n) is 2.60. The van der Waals surface area contributed by atoms with Crippen molar-refractivity contribution < 1.29 is 4.74 Å². The molecule has 1 aromatic carbocycles. The first-order valence-corrected chi connectivity index (χ1v) is 7.27. The van der Waals surface area contributed by atoms with E-state index >= 15 is 0 Å². The average Bonchev–Trinajstić information content (AvgIpc) is 2.41. The Hall–Kier alpha value is -1.14. The highest BCUT2D eigenvalue weighted by molar-refractivity contribution is 9.10. The van der Waals surface area contributed by atoms with Crippen LogP contribution in [0.5, 0.6) is 5.88 Å². The molecule has 1 N–H and O–H groups in total. The standard InChI is InChI=1S/C13H13Br2N3O/c1-8(9-4-3-5-10(14)6-9)17-13-16-7-11(15)12(18-13)19-2/h3-8H,1-2H3,(H,16,17,18). The van der Waals surface area contributed by atoms with Crippen LogP contribution in [0.15, 0.2) is 39.4 Å². The van der Waals surface area contributed by atoms with Crippen LogP contribution < -0.4 is 10.1 Å². The minimum absolute atomic E-state index is 0.100. The number of nitrogens with one attached hydrogen (secondary N) is 1. The summed E-state index contributed by atoms with van der Waals surface area (Å²) >= 11 is 6.79. The van der Waals surface area contributed by atoms with Gasteiger partial charge >= 0.3 is 0 Å². The Balaban J connectivity index is 2.17. The second kappa shape index (κ2) is 6.34. The Kier molecular flexibility index (Phi) is 4.76.